The van der Waals surface area contributed by atoms with Crippen molar-refractivity contribution in [2.45, 2.75) is 59.8 Å². The van der Waals surface area contributed by atoms with E-state index in [-0.39, 0.29) is 5.41 Å². The molecule has 0 bridgehead atoms. The van der Waals surface area contributed by atoms with Crippen molar-refractivity contribution in [1.29, 1.82) is 0 Å². The van der Waals surface area contributed by atoms with Gasteiger partial charge in [-0.3, -0.25) is 5.10 Å². The fourth-order valence-corrected chi connectivity index (χ4v) is 2.27. The highest BCUT2D eigenvalue weighted by molar-refractivity contribution is 5.82. The van der Waals surface area contributed by atoms with Crippen molar-refractivity contribution in [3.05, 3.63) is 29.5 Å². The number of fused-ring (bicyclic) bond motifs is 1. The van der Waals surface area contributed by atoms with E-state index < -0.39 is 0 Å². The van der Waals surface area contributed by atoms with E-state index in [0.717, 1.165) is 6.42 Å². The van der Waals surface area contributed by atoms with Crippen molar-refractivity contribution in [1.82, 2.24) is 10.2 Å². The van der Waals surface area contributed by atoms with Gasteiger partial charge in [0.05, 0.1) is 11.7 Å². The molecule has 0 atom stereocenters. The smallest absolute Gasteiger partial charge is 0.0682 e. The molecule has 2 rings (SSSR count). The van der Waals surface area contributed by atoms with Crippen molar-refractivity contribution in [3.8, 4) is 0 Å². The van der Waals surface area contributed by atoms with Crippen molar-refractivity contribution in [3.63, 3.8) is 0 Å². The highest BCUT2D eigenvalue weighted by Crippen LogP contribution is 2.30. The van der Waals surface area contributed by atoms with Gasteiger partial charge in [-0.15, -0.1) is 0 Å². The zero-order valence-corrected chi connectivity index (χ0v) is 13.1. The molecule has 0 unspecified atom stereocenters. The van der Waals surface area contributed by atoms with Crippen LogP contribution in [0.5, 0.6) is 0 Å². The van der Waals surface area contributed by atoms with Crippen LogP contribution in [-0.4, -0.2) is 10.2 Å². The Bertz CT molecular complexity index is 565. The standard InChI is InChI=1S/C17H26N2/c1-16(2,3)8-7-12-9-14(17(4,5)6)10-13-11-18-19-15(12)13/h9-11H,7-8H2,1-6H3,(H,18,19). The summed E-state index contributed by atoms with van der Waals surface area (Å²) in [5, 5.41) is 8.59. The van der Waals surface area contributed by atoms with E-state index in [9.17, 15) is 0 Å². The third-order valence-electron chi connectivity index (χ3n) is 3.64. The molecule has 0 aliphatic rings. The van der Waals surface area contributed by atoms with Gasteiger partial charge >= 0.3 is 0 Å². The highest BCUT2D eigenvalue weighted by Gasteiger charge is 2.18. The molecule has 1 N–H and O–H groups in total. The Labute approximate surface area is 116 Å². The quantitative estimate of drug-likeness (QED) is 0.820. The summed E-state index contributed by atoms with van der Waals surface area (Å²) in [6.45, 7) is 13.7. The van der Waals surface area contributed by atoms with Gasteiger partial charge in [0, 0.05) is 5.39 Å². The van der Waals surface area contributed by atoms with E-state index in [1.54, 1.807) is 0 Å². The molecule has 1 aromatic heterocycles. The van der Waals surface area contributed by atoms with Crippen LogP contribution in [0.25, 0.3) is 10.9 Å². The first kappa shape index (κ1) is 14.1. The van der Waals surface area contributed by atoms with Crippen LogP contribution < -0.4 is 0 Å². The van der Waals surface area contributed by atoms with Crippen LogP contribution in [0.3, 0.4) is 0 Å². The fraction of sp³-hybridized carbons (Fsp3) is 0.588. The lowest BCUT2D eigenvalue weighted by Crippen LogP contribution is -2.12. The molecule has 0 amide bonds. The number of nitrogens with zero attached hydrogens (tertiary/aromatic N) is 1. The molecule has 2 aromatic rings. The van der Waals surface area contributed by atoms with Crippen molar-refractivity contribution in [2.24, 2.45) is 5.41 Å². The number of aryl methyl sites for hydroxylation is 1. The Morgan fingerprint density at radius 2 is 1.74 bits per heavy atom. The molecule has 104 valence electrons. The maximum atomic E-state index is 4.20. The third-order valence-corrected chi connectivity index (χ3v) is 3.64. The van der Waals surface area contributed by atoms with Gasteiger partial charge in [-0.1, -0.05) is 47.6 Å². The zero-order valence-electron chi connectivity index (χ0n) is 13.1. The first-order valence-corrected chi connectivity index (χ1v) is 7.13. The van der Waals surface area contributed by atoms with Crippen LogP contribution in [0.2, 0.25) is 0 Å². The van der Waals surface area contributed by atoms with Gasteiger partial charge in [0.25, 0.3) is 0 Å². The Balaban J connectivity index is 2.43. The van der Waals surface area contributed by atoms with Gasteiger partial charge in [-0.25, -0.2) is 0 Å². The van der Waals surface area contributed by atoms with Crippen LogP contribution in [0, 0.1) is 5.41 Å². The van der Waals surface area contributed by atoms with Crippen LogP contribution in [0.15, 0.2) is 18.3 Å². The predicted octanol–water partition coefficient (Wildman–Crippen LogP) is 4.84. The number of aromatic amines is 1. The van der Waals surface area contributed by atoms with Gasteiger partial charge in [0.1, 0.15) is 0 Å². The van der Waals surface area contributed by atoms with E-state index in [1.807, 2.05) is 6.20 Å². The SMILES string of the molecule is CC(C)(C)CCc1cc(C(C)(C)C)cc2cn[nH]c12. The highest BCUT2D eigenvalue weighted by atomic mass is 15.1. The van der Waals surface area contributed by atoms with Crippen LogP contribution in [-0.2, 0) is 11.8 Å². The summed E-state index contributed by atoms with van der Waals surface area (Å²) in [7, 11) is 0. The van der Waals surface area contributed by atoms with E-state index in [1.165, 1.54) is 28.5 Å². The molecule has 0 saturated heterocycles. The molecular weight excluding hydrogens is 232 g/mol. The maximum absolute atomic E-state index is 4.20. The second kappa shape index (κ2) is 4.66. The first-order chi connectivity index (χ1) is 8.67. The first-order valence-electron chi connectivity index (χ1n) is 7.13. The number of hydrogen-bond donors (Lipinski definition) is 1. The molecule has 0 saturated carbocycles. The van der Waals surface area contributed by atoms with E-state index in [4.69, 9.17) is 0 Å². The van der Waals surface area contributed by atoms with Gasteiger partial charge in [-0.2, -0.15) is 5.10 Å². The lowest BCUT2D eigenvalue weighted by atomic mass is 9.83. The summed E-state index contributed by atoms with van der Waals surface area (Å²) < 4.78 is 0. The predicted molar refractivity (Wildman–Crippen MR) is 82.6 cm³/mol. The number of aromatic nitrogens is 2. The number of nitrogens with one attached hydrogen (secondary N) is 1. The lowest BCUT2D eigenvalue weighted by Gasteiger charge is -2.22. The normalized spacial score (nSPS) is 13.2. The van der Waals surface area contributed by atoms with E-state index >= 15 is 0 Å². The van der Waals surface area contributed by atoms with Gasteiger partial charge in [-0.05, 0) is 40.9 Å². The molecule has 1 heterocycles. The number of hydrogen-bond acceptors (Lipinski definition) is 1. The number of rotatable bonds is 2. The second-order valence-corrected chi connectivity index (χ2v) is 7.78. The van der Waals surface area contributed by atoms with Crippen LogP contribution in [0.1, 0.15) is 59.1 Å². The monoisotopic (exact) mass is 258 g/mol. The molecule has 0 radical (unpaired) electrons. The lowest BCUT2D eigenvalue weighted by molar-refractivity contribution is 0.378. The molecule has 1 aromatic carbocycles. The van der Waals surface area contributed by atoms with E-state index in [2.05, 4.69) is 63.9 Å². The molecule has 2 heteroatoms. The summed E-state index contributed by atoms with van der Waals surface area (Å²) >= 11 is 0. The largest absolute Gasteiger partial charge is 0.278 e. The Hall–Kier alpha value is -1.31. The fourth-order valence-electron chi connectivity index (χ4n) is 2.27. The van der Waals surface area contributed by atoms with Crippen molar-refractivity contribution in [2.75, 3.05) is 0 Å². The van der Waals surface area contributed by atoms with Crippen molar-refractivity contribution >= 4 is 10.9 Å². The molecular formula is C17H26N2. The average Bonchev–Trinajstić information content (AvgIpc) is 2.71. The van der Waals surface area contributed by atoms with Gasteiger partial charge in [0.2, 0.25) is 0 Å². The van der Waals surface area contributed by atoms with Gasteiger partial charge in [0.15, 0.2) is 0 Å². The minimum Gasteiger partial charge on any atom is -0.278 e. The Morgan fingerprint density at radius 1 is 1.05 bits per heavy atom. The number of H-pyrrole nitrogens is 1. The molecule has 0 fully saturated rings. The zero-order chi connectivity index (χ0) is 14.3. The van der Waals surface area contributed by atoms with E-state index in [0.29, 0.717) is 5.41 Å². The van der Waals surface area contributed by atoms with Crippen LogP contribution >= 0.6 is 0 Å². The average molecular weight is 258 g/mol. The molecule has 2 nitrogen and oxygen atoms in total. The summed E-state index contributed by atoms with van der Waals surface area (Å²) in [6, 6.07) is 4.62. The summed E-state index contributed by atoms with van der Waals surface area (Å²) in [5.74, 6) is 0. The van der Waals surface area contributed by atoms with Gasteiger partial charge < -0.3 is 0 Å². The molecule has 0 aliphatic carbocycles. The molecule has 0 spiro atoms. The Morgan fingerprint density at radius 3 is 2.32 bits per heavy atom. The minimum absolute atomic E-state index is 0.182. The summed E-state index contributed by atoms with van der Waals surface area (Å²) in [6.07, 6.45) is 4.23. The number of benzene rings is 1. The summed E-state index contributed by atoms with van der Waals surface area (Å²) in [5.41, 5.74) is 4.55. The van der Waals surface area contributed by atoms with Crippen molar-refractivity contribution < 1.29 is 0 Å². The third kappa shape index (κ3) is 3.37. The molecule has 19 heavy (non-hydrogen) atoms. The Kier molecular flexibility index (Phi) is 3.46. The topological polar surface area (TPSA) is 28.7 Å². The second-order valence-electron chi connectivity index (χ2n) is 7.78. The van der Waals surface area contributed by atoms with Crippen LogP contribution in [0.4, 0.5) is 0 Å². The maximum Gasteiger partial charge on any atom is 0.0682 e. The summed E-state index contributed by atoms with van der Waals surface area (Å²) in [4.78, 5) is 0. The minimum atomic E-state index is 0.182. The molecule has 0 aliphatic heterocycles.